The molecule has 1 saturated heterocycles. The van der Waals surface area contributed by atoms with E-state index >= 15 is 0 Å². The molecule has 1 amide bonds. The van der Waals surface area contributed by atoms with Crippen molar-refractivity contribution >= 4 is 58.2 Å². The third kappa shape index (κ3) is 5.54. The summed E-state index contributed by atoms with van der Waals surface area (Å²) in [7, 11) is 0. The van der Waals surface area contributed by atoms with Crippen LogP contribution in [-0.2, 0) is 19.2 Å². The van der Waals surface area contributed by atoms with Crippen LogP contribution in [0.1, 0.15) is 18.4 Å². The van der Waals surface area contributed by atoms with Gasteiger partial charge in [0.2, 0.25) is 0 Å². The molecule has 1 heterocycles. The summed E-state index contributed by atoms with van der Waals surface area (Å²) in [6.45, 7) is -0.481. The van der Waals surface area contributed by atoms with Gasteiger partial charge in [0.1, 0.15) is 16.1 Å². The first-order chi connectivity index (χ1) is 13.2. The Morgan fingerprint density at radius 2 is 1.79 bits per heavy atom. The lowest BCUT2D eigenvalue weighted by Gasteiger charge is -2.22. The van der Waals surface area contributed by atoms with Gasteiger partial charge in [0.25, 0.3) is 5.91 Å². The van der Waals surface area contributed by atoms with E-state index in [0.717, 1.165) is 16.7 Å². The summed E-state index contributed by atoms with van der Waals surface area (Å²) in [5.41, 5.74) is 0.598. The second-order valence-electron chi connectivity index (χ2n) is 5.59. The molecule has 11 heteroatoms. The lowest BCUT2D eigenvalue weighted by Crippen LogP contribution is -2.44. The zero-order chi connectivity index (χ0) is 20.8. The number of thiocarbonyl (C=S) groups is 1. The fourth-order valence-corrected chi connectivity index (χ4v) is 3.69. The molecule has 2 rings (SSSR count). The fraction of sp³-hybridized carbons (Fsp3) is 0.235. The highest BCUT2D eigenvalue weighted by Crippen LogP contribution is 2.35. The minimum Gasteiger partial charge on any atom is -0.482 e. The van der Waals surface area contributed by atoms with Gasteiger partial charge in [-0.2, -0.15) is 0 Å². The minimum atomic E-state index is -1.36. The number of carboxylic acid groups (broad SMARTS) is 3. The molecule has 1 atom stereocenters. The van der Waals surface area contributed by atoms with E-state index in [1.165, 1.54) is 18.2 Å². The Morgan fingerprint density at radius 1 is 1.14 bits per heavy atom. The summed E-state index contributed by atoms with van der Waals surface area (Å²) in [6, 6.07) is 4.90. The summed E-state index contributed by atoms with van der Waals surface area (Å²) < 4.78 is 5.05. The number of hydrogen-bond donors (Lipinski definition) is 3. The highest BCUT2D eigenvalue weighted by atomic mass is 32.2. The third-order valence-electron chi connectivity index (χ3n) is 3.59. The first kappa shape index (κ1) is 21.4. The molecular weight excluding hydrogens is 410 g/mol. The summed E-state index contributed by atoms with van der Waals surface area (Å²) >= 11 is 6.03. The quantitative estimate of drug-likeness (QED) is 0.395. The van der Waals surface area contributed by atoms with E-state index in [9.17, 15) is 24.3 Å². The smallest absolute Gasteiger partial charge is 0.341 e. The highest BCUT2D eigenvalue weighted by Gasteiger charge is 2.40. The molecule has 1 aliphatic heterocycles. The number of carboxylic acids is 3. The van der Waals surface area contributed by atoms with E-state index in [1.54, 1.807) is 12.1 Å². The monoisotopic (exact) mass is 425 g/mol. The van der Waals surface area contributed by atoms with E-state index in [0.29, 0.717) is 11.3 Å². The molecule has 148 valence electrons. The molecular formula is C17H15NO8S2. The number of nitrogens with zero attached hydrogens (tertiary/aromatic N) is 1. The van der Waals surface area contributed by atoms with Gasteiger partial charge in [0.05, 0.1) is 4.91 Å². The Hall–Kier alpha value is -2.92. The Kier molecular flexibility index (Phi) is 7.12. The average molecular weight is 425 g/mol. The molecule has 1 fully saturated rings. The minimum absolute atomic E-state index is 0.0375. The molecule has 1 aromatic carbocycles. The van der Waals surface area contributed by atoms with Crippen LogP contribution in [0.3, 0.4) is 0 Å². The number of rotatable bonds is 9. The van der Waals surface area contributed by atoms with Crippen LogP contribution in [0.15, 0.2) is 29.2 Å². The second kappa shape index (κ2) is 9.33. The van der Waals surface area contributed by atoms with Gasteiger partial charge >= 0.3 is 17.9 Å². The van der Waals surface area contributed by atoms with Gasteiger partial charge in [-0.3, -0.25) is 14.5 Å². The molecule has 0 aromatic heterocycles. The van der Waals surface area contributed by atoms with Crippen molar-refractivity contribution in [2.75, 3.05) is 6.61 Å². The van der Waals surface area contributed by atoms with Gasteiger partial charge < -0.3 is 20.1 Å². The average Bonchev–Trinajstić information content (AvgIpc) is 2.88. The van der Waals surface area contributed by atoms with Crippen molar-refractivity contribution in [2.45, 2.75) is 18.9 Å². The van der Waals surface area contributed by atoms with Crippen LogP contribution in [0, 0.1) is 0 Å². The number of benzene rings is 1. The first-order valence-corrected chi connectivity index (χ1v) is 9.08. The zero-order valence-electron chi connectivity index (χ0n) is 14.2. The zero-order valence-corrected chi connectivity index (χ0v) is 15.9. The molecule has 3 N–H and O–H groups in total. The number of thioether (sulfide) groups is 1. The summed E-state index contributed by atoms with van der Waals surface area (Å²) in [5, 5.41) is 26.7. The van der Waals surface area contributed by atoms with Crippen LogP contribution >= 0.6 is 24.0 Å². The van der Waals surface area contributed by atoms with Gasteiger partial charge in [0.15, 0.2) is 6.61 Å². The SMILES string of the molecule is O=C(O)CCC(C(=O)O)N1C(=O)/C(=C/c2ccc(OCC(=O)O)cc2)SC1=S. The number of aliphatic carboxylic acids is 3. The van der Waals surface area contributed by atoms with Crippen LogP contribution in [0.5, 0.6) is 5.75 Å². The molecule has 9 nitrogen and oxygen atoms in total. The van der Waals surface area contributed by atoms with E-state index in [4.69, 9.17) is 27.2 Å². The Morgan fingerprint density at radius 3 is 2.32 bits per heavy atom. The van der Waals surface area contributed by atoms with Crippen molar-refractivity contribution in [1.29, 1.82) is 0 Å². The van der Waals surface area contributed by atoms with Crippen molar-refractivity contribution < 1.29 is 39.2 Å². The predicted octanol–water partition coefficient (Wildman–Crippen LogP) is 1.67. The second-order valence-corrected chi connectivity index (χ2v) is 7.27. The fourth-order valence-electron chi connectivity index (χ4n) is 2.33. The van der Waals surface area contributed by atoms with E-state index < -0.39 is 42.9 Å². The van der Waals surface area contributed by atoms with Gasteiger partial charge in [0, 0.05) is 6.42 Å². The summed E-state index contributed by atoms with van der Waals surface area (Å²) in [5.74, 6) is -3.88. The number of ether oxygens (including phenoxy) is 1. The van der Waals surface area contributed by atoms with Gasteiger partial charge in [-0.25, -0.2) is 9.59 Å². The van der Waals surface area contributed by atoms with E-state index in [-0.39, 0.29) is 15.6 Å². The van der Waals surface area contributed by atoms with Crippen molar-refractivity contribution in [1.82, 2.24) is 4.90 Å². The summed E-state index contributed by atoms with van der Waals surface area (Å²) in [4.78, 5) is 46.4. The van der Waals surface area contributed by atoms with Gasteiger partial charge in [-0.15, -0.1) is 0 Å². The Labute approximate surface area is 168 Å². The number of hydrogen-bond acceptors (Lipinski definition) is 7. The maximum Gasteiger partial charge on any atom is 0.341 e. The molecule has 0 radical (unpaired) electrons. The normalized spacial score (nSPS) is 16.3. The van der Waals surface area contributed by atoms with E-state index in [1.807, 2.05) is 0 Å². The van der Waals surface area contributed by atoms with Crippen molar-refractivity contribution in [3.63, 3.8) is 0 Å². The maximum absolute atomic E-state index is 12.6. The van der Waals surface area contributed by atoms with Crippen LogP contribution in [0.25, 0.3) is 6.08 Å². The topological polar surface area (TPSA) is 141 Å². The van der Waals surface area contributed by atoms with Gasteiger partial charge in [-0.1, -0.05) is 36.1 Å². The molecule has 28 heavy (non-hydrogen) atoms. The molecule has 1 aliphatic rings. The molecule has 0 aliphatic carbocycles. The van der Waals surface area contributed by atoms with Gasteiger partial charge in [-0.05, 0) is 30.2 Å². The molecule has 0 saturated carbocycles. The van der Waals surface area contributed by atoms with Crippen LogP contribution in [-0.4, -0.2) is 61.0 Å². The lowest BCUT2D eigenvalue weighted by atomic mass is 10.1. The Balaban J connectivity index is 2.16. The first-order valence-electron chi connectivity index (χ1n) is 7.85. The third-order valence-corrected chi connectivity index (χ3v) is 4.92. The lowest BCUT2D eigenvalue weighted by molar-refractivity contribution is -0.146. The molecule has 1 unspecified atom stereocenters. The predicted molar refractivity (Wildman–Crippen MR) is 103 cm³/mol. The van der Waals surface area contributed by atoms with Crippen LogP contribution in [0.4, 0.5) is 0 Å². The van der Waals surface area contributed by atoms with Crippen molar-refractivity contribution in [2.24, 2.45) is 0 Å². The Bertz CT molecular complexity index is 849. The summed E-state index contributed by atoms with van der Waals surface area (Å²) in [6.07, 6.45) is 0.835. The standard InChI is InChI=1S/C17H15NO8S2/c19-13(20)6-5-11(16(24)25)18-15(23)12(28-17(18)27)7-9-1-3-10(4-2-9)26-8-14(21)22/h1-4,7,11H,5-6,8H2,(H,19,20)(H,21,22)(H,24,25)/b12-7-. The highest BCUT2D eigenvalue weighted by molar-refractivity contribution is 8.26. The number of carbonyl (C=O) groups excluding carboxylic acids is 1. The molecule has 0 spiro atoms. The molecule has 0 bridgehead atoms. The largest absolute Gasteiger partial charge is 0.482 e. The van der Waals surface area contributed by atoms with Crippen molar-refractivity contribution in [3.8, 4) is 5.75 Å². The number of carbonyl (C=O) groups is 4. The number of amides is 1. The molecule has 1 aromatic rings. The van der Waals surface area contributed by atoms with E-state index in [2.05, 4.69) is 0 Å². The maximum atomic E-state index is 12.6. The van der Waals surface area contributed by atoms with Crippen LogP contribution < -0.4 is 4.74 Å². The van der Waals surface area contributed by atoms with Crippen LogP contribution in [0.2, 0.25) is 0 Å². The van der Waals surface area contributed by atoms with Crippen molar-refractivity contribution in [3.05, 3.63) is 34.7 Å².